The third-order valence-corrected chi connectivity index (χ3v) is 3.60. The van der Waals surface area contributed by atoms with E-state index >= 15 is 0 Å². The predicted molar refractivity (Wildman–Crippen MR) is 72.0 cm³/mol. The Kier molecular flexibility index (Phi) is 5.12. The van der Waals surface area contributed by atoms with Crippen molar-refractivity contribution in [1.82, 2.24) is 5.32 Å². The minimum Gasteiger partial charge on any atom is -0.452 e. The molecule has 1 aromatic carbocycles. The first kappa shape index (κ1) is 15.7. The quantitative estimate of drug-likeness (QED) is 0.686. The van der Waals surface area contributed by atoms with Crippen LogP contribution in [0.4, 0.5) is 8.78 Å². The van der Waals surface area contributed by atoms with Gasteiger partial charge in [-0.1, -0.05) is 24.4 Å². The molecule has 1 saturated carbocycles. The highest BCUT2D eigenvalue weighted by atomic mass is 35.5. The van der Waals surface area contributed by atoms with Gasteiger partial charge in [-0.3, -0.25) is 4.79 Å². The van der Waals surface area contributed by atoms with Crippen LogP contribution in [0, 0.1) is 11.6 Å². The van der Waals surface area contributed by atoms with Crippen molar-refractivity contribution in [2.45, 2.75) is 31.7 Å². The minimum absolute atomic E-state index is 0.114. The first-order chi connectivity index (χ1) is 9.97. The SMILES string of the molecule is O=C(COC(=O)c1cc(F)c(F)cc1Cl)NC1CCCC1. The Morgan fingerprint density at radius 1 is 1.24 bits per heavy atom. The molecule has 1 amide bonds. The normalized spacial score (nSPS) is 15.0. The van der Waals surface area contributed by atoms with Crippen LogP contribution in [-0.4, -0.2) is 24.5 Å². The van der Waals surface area contributed by atoms with E-state index in [1.165, 1.54) is 0 Å². The van der Waals surface area contributed by atoms with Gasteiger partial charge in [-0.05, 0) is 25.0 Å². The number of carbonyl (C=O) groups is 2. The maximum Gasteiger partial charge on any atom is 0.340 e. The summed E-state index contributed by atoms with van der Waals surface area (Å²) in [5, 5.41) is 2.47. The average molecular weight is 318 g/mol. The van der Waals surface area contributed by atoms with Crippen LogP contribution < -0.4 is 5.32 Å². The zero-order valence-electron chi connectivity index (χ0n) is 11.1. The molecule has 0 heterocycles. The number of halogens is 3. The first-order valence-electron chi connectivity index (χ1n) is 6.58. The van der Waals surface area contributed by atoms with Gasteiger partial charge < -0.3 is 10.1 Å². The number of benzene rings is 1. The molecule has 1 N–H and O–H groups in total. The Morgan fingerprint density at radius 3 is 2.52 bits per heavy atom. The number of ether oxygens (including phenoxy) is 1. The Bertz CT molecular complexity index is 559. The molecule has 21 heavy (non-hydrogen) atoms. The molecule has 0 unspecified atom stereocenters. The van der Waals surface area contributed by atoms with Gasteiger partial charge in [0.1, 0.15) is 0 Å². The van der Waals surface area contributed by atoms with Crippen LogP contribution in [0.5, 0.6) is 0 Å². The maximum atomic E-state index is 13.1. The van der Waals surface area contributed by atoms with Crippen molar-refractivity contribution >= 4 is 23.5 Å². The van der Waals surface area contributed by atoms with Crippen molar-refractivity contribution in [3.8, 4) is 0 Å². The van der Waals surface area contributed by atoms with Crippen molar-refractivity contribution in [3.05, 3.63) is 34.4 Å². The van der Waals surface area contributed by atoms with E-state index in [2.05, 4.69) is 5.32 Å². The highest BCUT2D eigenvalue weighted by Gasteiger charge is 2.20. The summed E-state index contributed by atoms with van der Waals surface area (Å²) in [7, 11) is 0. The topological polar surface area (TPSA) is 55.4 Å². The standard InChI is InChI=1S/C14H14ClF2NO3/c15-10-6-12(17)11(16)5-9(10)14(20)21-7-13(19)18-8-3-1-2-4-8/h5-6,8H,1-4,7H2,(H,18,19). The molecule has 0 bridgehead atoms. The smallest absolute Gasteiger partial charge is 0.340 e. The van der Waals surface area contributed by atoms with Crippen molar-refractivity contribution in [2.75, 3.05) is 6.61 Å². The molecule has 114 valence electrons. The summed E-state index contributed by atoms with van der Waals surface area (Å²) in [6.07, 6.45) is 3.95. The van der Waals surface area contributed by atoms with Crippen LogP contribution in [0.15, 0.2) is 12.1 Å². The zero-order valence-corrected chi connectivity index (χ0v) is 11.9. The molecular formula is C14H14ClF2NO3. The van der Waals surface area contributed by atoms with E-state index in [1.807, 2.05) is 0 Å². The van der Waals surface area contributed by atoms with E-state index < -0.39 is 30.1 Å². The molecule has 0 aromatic heterocycles. The van der Waals surface area contributed by atoms with Gasteiger partial charge >= 0.3 is 5.97 Å². The summed E-state index contributed by atoms with van der Waals surface area (Å²) in [6, 6.07) is 1.45. The van der Waals surface area contributed by atoms with Crippen molar-refractivity contribution in [1.29, 1.82) is 0 Å². The van der Waals surface area contributed by atoms with Crippen LogP contribution in [0.25, 0.3) is 0 Å². The summed E-state index contributed by atoms with van der Waals surface area (Å²) < 4.78 is 30.7. The minimum atomic E-state index is -1.21. The molecule has 0 atom stereocenters. The number of hydrogen-bond acceptors (Lipinski definition) is 3. The molecule has 1 aromatic rings. The maximum absolute atomic E-state index is 13.1. The molecule has 1 aliphatic carbocycles. The van der Waals surface area contributed by atoms with Gasteiger partial charge in [0.2, 0.25) is 0 Å². The van der Waals surface area contributed by atoms with E-state index in [0.29, 0.717) is 12.1 Å². The second kappa shape index (κ2) is 6.85. The third-order valence-electron chi connectivity index (χ3n) is 3.28. The number of rotatable bonds is 4. The summed E-state index contributed by atoms with van der Waals surface area (Å²) >= 11 is 5.64. The largest absolute Gasteiger partial charge is 0.452 e. The molecule has 4 nitrogen and oxygen atoms in total. The highest BCUT2D eigenvalue weighted by molar-refractivity contribution is 6.33. The molecule has 0 aliphatic heterocycles. The van der Waals surface area contributed by atoms with Gasteiger partial charge in [0.05, 0.1) is 10.6 Å². The second-order valence-electron chi connectivity index (χ2n) is 4.87. The van der Waals surface area contributed by atoms with Crippen molar-refractivity contribution < 1.29 is 23.1 Å². The summed E-state index contributed by atoms with van der Waals surface area (Å²) in [5.74, 6) is -3.76. The van der Waals surface area contributed by atoms with Gasteiger partial charge in [0.15, 0.2) is 18.2 Å². The van der Waals surface area contributed by atoms with E-state index in [-0.39, 0.29) is 16.6 Å². The summed E-state index contributed by atoms with van der Waals surface area (Å²) in [6.45, 7) is -0.481. The van der Waals surface area contributed by atoms with Gasteiger partial charge in [-0.15, -0.1) is 0 Å². The van der Waals surface area contributed by atoms with Crippen LogP contribution in [-0.2, 0) is 9.53 Å². The van der Waals surface area contributed by atoms with Gasteiger partial charge in [0.25, 0.3) is 5.91 Å². The molecule has 0 saturated heterocycles. The number of esters is 1. The van der Waals surface area contributed by atoms with Crippen LogP contribution in [0.2, 0.25) is 5.02 Å². The molecule has 1 aliphatic rings. The van der Waals surface area contributed by atoms with E-state index in [9.17, 15) is 18.4 Å². The number of hydrogen-bond donors (Lipinski definition) is 1. The molecule has 7 heteroatoms. The molecular weight excluding hydrogens is 304 g/mol. The molecule has 2 rings (SSSR count). The lowest BCUT2D eigenvalue weighted by Crippen LogP contribution is -2.35. The summed E-state index contributed by atoms with van der Waals surface area (Å²) in [5.41, 5.74) is -0.316. The van der Waals surface area contributed by atoms with E-state index in [1.54, 1.807) is 0 Å². The fourth-order valence-corrected chi connectivity index (χ4v) is 2.45. The first-order valence-corrected chi connectivity index (χ1v) is 6.96. The number of amides is 1. The Morgan fingerprint density at radius 2 is 1.86 bits per heavy atom. The summed E-state index contributed by atoms with van der Waals surface area (Å²) in [4.78, 5) is 23.3. The fraction of sp³-hybridized carbons (Fsp3) is 0.429. The molecule has 1 fully saturated rings. The lowest BCUT2D eigenvalue weighted by Gasteiger charge is -2.12. The number of nitrogens with one attached hydrogen (secondary N) is 1. The van der Waals surface area contributed by atoms with Gasteiger partial charge in [-0.25, -0.2) is 13.6 Å². The second-order valence-corrected chi connectivity index (χ2v) is 5.28. The van der Waals surface area contributed by atoms with E-state index in [0.717, 1.165) is 25.7 Å². The monoisotopic (exact) mass is 317 g/mol. The zero-order chi connectivity index (χ0) is 15.4. The predicted octanol–water partition coefficient (Wildman–Crippen LogP) is 2.83. The van der Waals surface area contributed by atoms with Gasteiger partial charge in [0, 0.05) is 6.04 Å². The third kappa shape index (κ3) is 4.14. The van der Waals surface area contributed by atoms with Crippen LogP contribution in [0.1, 0.15) is 36.0 Å². The lowest BCUT2D eigenvalue weighted by molar-refractivity contribution is -0.124. The van der Waals surface area contributed by atoms with Crippen molar-refractivity contribution in [3.63, 3.8) is 0 Å². The molecule has 0 radical (unpaired) electrons. The fourth-order valence-electron chi connectivity index (χ4n) is 2.23. The van der Waals surface area contributed by atoms with Crippen LogP contribution >= 0.6 is 11.6 Å². The average Bonchev–Trinajstić information content (AvgIpc) is 2.93. The Labute approximate surface area is 125 Å². The van der Waals surface area contributed by atoms with Crippen LogP contribution in [0.3, 0.4) is 0 Å². The Balaban J connectivity index is 1.89. The Hall–Kier alpha value is -1.69. The van der Waals surface area contributed by atoms with Gasteiger partial charge in [-0.2, -0.15) is 0 Å². The molecule has 0 spiro atoms. The van der Waals surface area contributed by atoms with E-state index in [4.69, 9.17) is 16.3 Å². The van der Waals surface area contributed by atoms with Crippen molar-refractivity contribution in [2.24, 2.45) is 0 Å². The lowest BCUT2D eigenvalue weighted by atomic mass is 10.2. The number of carbonyl (C=O) groups excluding carboxylic acids is 2. The highest BCUT2D eigenvalue weighted by Crippen LogP contribution is 2.21.